The highest BCUT2D eigenvalue weighted by Crippen LogP contribution is 2.15. The molecule has 20 heavy (non-hydrogen) atoms. The van der Waals surface area contributed by atoms with Crippen LogP contribution in [-0.2, 0) is 0 Å². The molecule has 0 spiro atoms. The summed E-state index contributed by atoms with van der Waals surface area (Å²) in [4.78, 5) is 12.0. The van der Waals surface area contributed by atoms with E-state index in [-0.39, 0.29) is 5.91 Å². The summed E-state index contributed by atoms with van der Waals surface area (Å²) < 4.78 is 10.1. The van der Waals surface area contributed by atoms with E-state index in [0.29, 0.717) is 23.7 Å². The standard InChI is InChI=1S/C14H17N3O3/c1-3-4-9-19-12-7-5-11(6-8-12)14(18)15-13-10(2)16-20-17-13/h5-8H,3-4,9H2,1-2H3,(H,15,17,18). The summed E-state index contributed by atoms with van der Waals surface area (Å²) in [5.74, 6) is 0.830. The molecule has 0 atom stereocenters. The lowest BCUT2D eigenvalue weighted by molar-refractivity contribution is 0.102. The Hall–Kier alpha value is -2.37. The summed E-state index contributed by atoms with van der Waals surface area (Å²) >= 11 is 0. The predicted octanol–water partition coefficient (Wildman–Crippen LogP) is 2.81. The van der Waals surface area contributed by atoms with Gasteiger partial charge in [-0.05, 0) is 42.8 Å². The SMILES string of the molecule is CCCCOc1ccc(C(=O)Nc2nonc2C)cc1. The molecule has 1 aromatic carbocycles. The van der Waals surface area contributed by atoms with Crippen LogP contribution in [0.2, 0.25) is 0 Å². The van der Waals surface area contributed by atoms with Crippen molar-refractivity contribution in [3.63, 3.8) is 0 Å². The second-order valence-corrected chi connectivity index (χ2v) is 4.38. The van der Waals surface area contributed by atoms with Crippen LogP contribution in [0.4, 0.5) is 5.82 Å². The molecule has 0 unspecified atom stereocenters. The number of aromatic nitrogens is 2. The van der Waals surface area contributed by atoms with Crippen LogP contribution in [0.3, 0.4) is 0 Å². The van der Waals surface area contributed by atoms with Crippen molar-refractivity contribution in [2.75, 3.05) is 11.9 Å². The molecule has 0 aliphatic rings. The van der Waals surface area contributed by atoms with Gasteiger partial charge in [-0.15, -0.1) is 0 Å². The summed E-state index contributed by atoms with van der Waals surface area (Å²) in [6.45, 7) is 4.50. The van der Waals surface area contributed by atoms with Crippen LogP contribution < -0.4 is 10.1 Å². The number of unbranched alkanes of at least 4 members (excludes halogenated alkanes) is 1. The highest BCUT2D eigenvalue weighted by atomic mass is 16.6. The molecule has 6 nitrogen and oxygen atoms in total. The van der Waals surface area contributed by atoms with Gasteiger partial charge in [0.05, 0.1) is 6.61 Å². The average Bonchev–Trinajstić information content (AvgIpc) is 2.85. The molecule has 2 rings (SSSR count). The number of hydrogen-bond donors (Lipinski definition) is 1. The van der Waals surface area contributed by atoms with E-state index in [2.05, 4.69) is 27.2 Å². The number of benzene rings is 1. The van der Waals surface area contributed by atoms with Crippen molar-refractivity contribution in [3.05, 3.63) is 35.5 Å². The zero-order valence-electron chi connectivity index (χ0n) is 11.5. The molecule has 106 valence electrons. The number of aryl methyl sites for hydroxylation is 1. The van der Waals surface area contributed by atoms with Crippen LogP contribution in [0.1, 0.15) is 35.8 Å². The number of amides is 1. The number of nitrogens with one attached hydrogen (secondary N) is 1. The van der Waals surface area contributed by atoms with E-state index in [0.717, 1.165) is 18.6 Å². The first kappa shape index (κ1) is 14.0. The fourth-order valence-corrected chi connectivity index (χ4v) is 1.56. The highest BCUT2D eigenvalue weighted by molar-refractivity contribution is 6.03. The Labute approximate surface area is 117 Å². The maximum Gasteiger partial charge on any atom is 0.256 e. The van der Waals surface area contributed by atoms with E-state index in [4.69, 9.17) is 4.74 Å². The molecule has 1 amide bonds. The second kappa shape index (κ2) is 6.70. The second-order valence-electron chi connectivity index (χ2n) is 4.38. The number of carbonyl (C=O) groups excluding carboxylic acids is 1. The molecule has 6 heteroatoms. The monoisotopic (exact) mass is 275 g/mol. The maximum absolute atomic E-state index is 12.0. The van der Waals surface area contributed by atoms with Gasteiger partial charge >= 0.3 is 0 Å². The van der Waals surface area contributed by atoms with E-state index in [1.807, 2.05) is 0 Å². The van der Waals surface area contributed by atoms with E-state index in [9.17, 15) is 4.79 Å². The molecule has 1 heterocycles. The minimum atomic E-state index is -0.260. The van der Waals surface area contributed by atoms with Crippen LogP contribution in [0.15, 0.2) is 28.9 Å². The Kier molecular flexibility index (Phi) is 4.70. The van der Waals surface area contributed by atoms with Crippen molar-refractivity contribution >= 4 is 11.7 Å². The van der Waals surface area contributed by atoms with Gasteiger partial charge in [0.15, 0.2) is 0 Å². The average molecular weight is 275 g/mol. The molecule has 1 aromatic heterocycles. The number of ether oxygens (including phenoxy) is 1. The fourth-order valence-electron chi connectivity index (χ4n) is 1.56. The number of hydrogen-bond acceptors (Lipinski definition) is 5. The lowest BCUT2D eigenvalue weighted by atomic mass is 10.2. The first-order valence-corrected chi connectivity index (χ1v) is 6.54. The number of nitrogens with zero attached hydrogens (tertiary/aromatic N) is 2. The molecule has 1 N–H and O–H groups in total. The molecule has 0 fully saturated rings. The van der Waals surface area contributed by atoms with Crippen molar-refractivity contribution in [3.8, 4) is 5.75 Å². The predicted molar refractivity (Wildman–Crippen MR) is 73.8 cm³/mol. The van der Waals surface area contributed by atoms with Crippen molar-refractivity contribution in [2.45, 2.75) is 26.7 Å². The van der Waals surface area contributed by atoms with Crippen LogP contribution >= 0.6 is 0 Å². The normalized spacial score (nSPS) is 10.3. The fraction of sp³-hybridized carbons (Fsp3) is 0.357. The van der Waals surface area contributed by atoms with Gasteiger partial charge in [0, 0.05) is 5.56 Å². The molecule has 0 bridgehead atoms. The Morgan fingerprint density at radius 2 is 2.05 bits per heavy atom. The third kappa shape index (κ3) is 3.57. The largest absolute Gasteiger partial charge is 0.494 e. The summed E-state index contributed by atoms with van der Waals surface area (Å²) in [6, 6.07) is 6.97. The van der Waals surface area contributed by atoms with Gasteiger partial charge in [0.25, 0.3) is 5.91 Å². The molecule has 0 saturated heterocycles. The van der Waals surface area contributed by atoms with Crippen molar-refractivity contribution in [2.24, 2.45) is 0 Å². The zero-order chi connectivity index (χ0) is 14.4. The van der Waals surface area contributed by atoms with Crippen molar-refractivity contribution in [1.29, 1.82) is 0 Å². The first-order valence-electron chi connectivity index (χ1n) is 6.54. The van der Waals surface area contributed by atoms with E-state index < -0.39 is 0 Å². The molecule has 0 radical (unpaired) electrons. The van der Waals surface area contributed by atoms with E-state index in [1.54, 1.807) is 31.2 Å². The van der Waals surface area contributed by atoms with Gasteiger partial charge < -0.3 is 10.1 Å². The summed E-state index contributed by atoms with van der Waals surface area (Å²) in [5, 5.41) is 9.84. The maximum atomic E-state index is 12.0. The highest BCUT2D eigenvalue weighted by Gasteiger charge is 2.11. The van der Waals surface area contributed by atoms with Crippen LogP contribution in [0.5, 0.6) is 5.75 Å². The molecule has 0 saturated carbocycles. The van der Waals surface area contributed by atoms with E-state index in [1.165, 1.54) is 0 Å². The number of carbonyl (C=O) groups is 1. The third-order valence-electron chi connectivity index (χ3n) is 2.77. The van der Waals surface area contributed by atoms with Crippen LogP contribution in [0.25, 0.3) is 0 Å². The van der Waals surface area contributed by atoms with Gasteiger partial charge in [-0.3, -0.25) is 4.79 Å². The zero-order valence-corrected chi connectivity index (χ0v) is 11.5. The van der Waals surface area contributed by atoms with E-state index >= 15 is 0 Å². The topological polar surface area (TPSA) is 77.2 Å². The lowest BCUT2D eigenvalue weighted by Crippen LogP contribution is -2.12. The Bertz CT molecular complexity index is 563. The minimum Gasteiger partial charge on any atom is -0.494 e. The molecular weight excluding hydrogens is 258 g/mol. The van der Waals surface area contributed by atoms with Crippen LogP contribution in [0, 0.1) is 6.92 Å². The summed E-state index contributed by atoms with van der Waals surface area (Å²) in [7, 11) is 0. The number of anilines is 1. The summed E-state index contributed by atoms with van der Waals surface area (Å²) in [6.07, 6.45) is 2.10. The minimum absolute atomic E-state index is 0.260. The van der Waals surface area contributed by atoms with Gasteiger partial charge in [-0.25, -0.2) is 4.63 Å². The summed E-state index contributed by atoms with van der Waals surface area (Å²) in [5.41, 5.74) is 1.06. The third-order valence-corrected chi connectivity index (χ3v) is 2.77. The molecule has 2 aromatic rings. The van der Waals surface area contributed by atoms with Crippen LogP contribution in [-0.4, -0.2) is 22.8 Å². The van der Waals surface area contributed by atoms with Crippen molar-refractivity contribution in [1.82, 2.24) is 10.3 Å². The van der Waals surface area contributed by atoms with Gasteiger partial charge in [-0.1, -0.05) is 18.5 Å². The Morgan fingerprint density at radius 1 is 1.30 bits per heavy atom. The van der Waals surface area contributed by atoms with Gasteiger partial charge in [-0.2, -0.15) is 0 Å². The first-order chi connectivity index (χ1) is 9.70. The molecular formula is C14H17N3O3. The molecule has 0 aliphatic heterocycles. The van der Waals surface area contributed by atoms with Gasteiger partial charge in [0.2, 0.25) is 5.82 Å². The Balaban J connectivity index is 1.95. The Morgan fingerprint density at radius 3 is 2.65 bits per heavy atom. The quantitative estimate of drug-likeness (QED) is 0.820. The lowest BCUT2D eigenvalue weighted by Gasteiger charge is -2.06. The number of rotatable bonds is 6. The van der Waals surface area contributed by atoms with Crippen molar-refractivity contribution < 1.29 is 14.2 Å². The molecule has 0 aliphatic carbocycles. The van der Waals surface area contributed by atoms with Gasteiger partial charge in [0.1, 0.15) is 11.4 Å². The smallest absolute Gasteiger partial charge is 0.256 e.